The molecule has 9 heteroatoms. The number of benzene rings is 4. The summed E-state index contributed by atoms with van der Waals surface area (Å²) in [5.41, 5.74) is 4.37. The minimum atomic E-state index is -0.817. The minimum absolute atomic E-state index is 0.279. The molecule has 0 radical (unpaired) electrons. The number of nitrogens with zero attached hydrogens (tertiary/aromatic N) is 1. The summed E-state index contributed by atoms with van der Waals surface area (Å²) < 4.78 is 22.9. The van der Waals surface area contributed by atoms with E-state index in [1.165, 1.54) is 6.21 Å². The lowest BCUT2D eigenvalue weighted by molar-refractivity contribution is -0.127. The summed E-state index contributed by atoms with van der Waals surface area (Å²) in [5.74, 6) is 1.12. The van der Waals surface area contributed by atoms with Crippen molar-refractivity contribution in [2.75, 3.05) is 7.11 Å². The second-order valence-corrected chi connectivity index (χ2v) is 9.46. The maximum atomic E-state index is 12.6. The van der Waals surface area contributed by atoms with E-state index >= 15 is 0 Å². The van der Waals surface area contributed by atoms with Crippen LogP contribution in [0.4, 0.5) is 0 Å². The summed E-state index contributed by atoms with van der Waals surface area (Å²) in [6.45, 7) is 2.07. The van der Waals surface area contributed by atoms with Crippen LogP contribution in [0.3, 0.4) is 0 Å². The molecule has 8 nitrogen and oxygen atoms in total. The van der Waals surface area contributed by atoms with E-state index in [2.05, 4.69) is 26.5 Å². The Labute approximate surface area is 240 Å². The lowest BCUT2D eigenvalue weighted by Gasteiger charge is -2.14. The van der Waals surface area contributed by atoms with Crippen molar-refractivity contribution in [2.45, 2.75) is 19.6 Å². The number of esters is 1. The molecule has 204 valence electrons. The van der Waals surface area contributed by atoms with Gasteiger partial charge in [0.25, 0.3) is 5.91 Å². The summed E-state index contributed by atoms with van der Waals surface area (Å²) in [4.78, 5) is 25.2. The zero-order valence-corrected chi connectivity index (χ0v) is 23.5. The highest BCUT2D eigenvalue weighted by molar-refractivity contribution is 9.10. The Hall–Kier alpha value is -4.63. The summed E-state index contributed by atoms with van der Waals surface area (Å²) in [6.07, 6.45) is 0.577. The summed E-state index contributed by atoms with van der Waals surface area (Å²) >= 11 is 3.40. The molecule has 0 saturated carbocycles. The highest BCUT2D eigenvalue weighted by atomic mass is 79.9. The maximum Gasteiger partial charge on any atom is 0.343 e. The van der Waals surface area contributed by atoms with E-state index in [-0.39, 0.29) is 5.75 Å². The monoisotopic (exact) mass is 602 g/mol. The molecule has 1 unspecified atom stereocenters. The summed E-state index contributed by atoms with van der Waals surface area (Å²) in [6, 6.07) is 28.6. The molecule has 0 aliphatic heterocycles. The first-order chi connectivity index (χ1) is 19.4. The van der Waals surface area contributed by atoms with Gasteiger partial charge in [-0.15, -0.1) is 0 Å². The van der Waals surface area contributed by atoms with Crippen molar-refractivity contribution in [2.24, 2.45) is 5.10 Å². The molecule has 1 amide bonds. The molecule has 4 rings (SSSR count). The number of hydrogen-bond donors (Lipinski definition) is 1. The van der Waals surface area contributed by atoms with Crippen molar-refractivity contribution in [3.05, 3.63) is 118 Å². The van der Waals surface area contributed by atoms with Crippen molar-refractivity contribution < 1.29 is 28.5 Å². The number of halogens is 1. The number of amides is 1. The van der Waals surface area contributed by atoms with Gasteiger partial charge in [0, 0.05) is 10.0 Å². The first-order valence-corrected chi connectivity index (χ1v) is 13.1. The fourth-order valence-corrected chi connectivity index (χ4v) is 3.85. The third-order valence-electron chi connectivity index (χ3n) is 5.63. The van der Waals surface area contributed by atoms with Gasteiger partial charge < -0.3 is 18.9 Å². The van der Waals surface area contributed by atoms with Crippen molar-refractivity contribution in [3.8, 4) is 23.0 Å². The van der Waals surface area contributed by atoms with Crippen molar-refractivity contribution in [3.63, 3.8) is 0 Å². The highest BCUT2D eigenvalue weighted by Gasteiger charge is 2.15. The molecule has 1 atom stereocenters. The van der Waals surface area contributed by atoms with Gasteiger partial charge in [-0.3, -0.25) is 4.79 Å². The fourth-order valence-electron chi connectivity index (χ4n) is 3.47. The van der Waals surface area contributed by atoms with Crippen LogP contribution < -0.4 is 24.4 Å². The lowest BCUT2D eigenvalue weighted by Crippen LogP contribution is -2.33. The van der Waals surface area contributed by atoms with E-state index < -0.39 is 18.0 Å². The van der Waals surface area contributed by atoms with Gasteiger partial charge in [-0.25, -0.2) is 10.2 Å². The molecule has 0 aromatic heterocycles. The average Bonchev–Trinajstić information content (AvgIpc) is 2.98. The molecule has 0 fully saturated rings. The van der Waals surface area contributed by atoms with Crippen LogP contribution >= 0.6 is 15.9 Å². The standard InChI is InChI=1S/C31H27BrN2O6/c1-21(39-28-15-13-27(14-16-28)38-20-22-6-4-3-5-7-22)30(35)34-33-19-24-18-25(32)10-17-29(24)40-31(36)23-8-11-26(37-2)12-9-23/h3-19,21H,20H2,1-2H3,(H,34,35)/b33-19+. The smallest absolute Gasteiger partial charge is 0.343 e. The topological polar surface area (TPSA) is 95.5 Å². The predicted molar refractivity (Wildman–Crippen MR) is 155 cm³/mol. The van der Waals surface area contributed by atoms with E-state index in [1.54, 1.807) is 80.8 Å². The fraction of sp³-hybridized carbons (Fsp3) is 0.129. The number of hydrogen-bond acceptors (Lipinski definition) is 7. The molecular formula is C31H27BrN2O6. The average molecular weight is 603 g/mol. The van der Waals surface area contributed by atoms with Crippen LogP contribution in [0.15, 0.2) is 107 Å². The van der Waals surface area contributed by atoms with Crippen molar-refractivity contribution in [1.82, 2.24) is 5.43 Å². The molecule has 0 bridgehead atoms. The van der Waals surface area contributed by atoms with Crippen LogP contribution in [0.5, 0.6) is 23.0 Å². The number of methoxy groups -OCH3 is 1. The first-order valence-electron chi connectivity index (χ1n) is 12.3. The lowest BCUT2D eigenvalue weighted by atomic mass is 10.2. The van der Waals surface area contributed by atoms with Gasteiger partial charge in [0.05, 0.1) is 18.9 Å². The number of nitrogens with one attached hydrogen (secondary N) is 1. The normalized spacial score (nSPS) is 11.5. The first kappa shape index (κ1) is 28.4. The SMILES string of the molecule is COc1ccc(C(=O)Oc2ccc(Br)cc2/C=N/NC(=O)C(C)Oc2ccc(OCc3ccccc3)cc2)cc1. The third-order valence-corrected chi connectivity index (χ3v) is 6.13. The van der Waals surface area contributed by atoms with Gasteiger partial charge in [0.1, 0.15) is 29.6 Å². The van der Waals surface area contributed by atoms with Crippen LogP contribution in [-0.4, -0.2) is 31.3 Å². The number of carbonyl (C=O) groups excluding carboxylic acids is 2. The highest BCUT2D eigenvalue weighted by Crippen LogP contribution is 2.24. The Morgan fingerprint density at radius 2 is 1.57 bits per heavy atom. The predicted octanol–water partition coefficient (Wildman–Crippen LogP) is 6.17. The molecule has 0 saturated heterocycles. The summed E-state index contributed by atoms with van der Waals surface area (Å²) in [7, 11) is 1.55. The van der Waals surface area contributed by atoms with E-state index in [0.717, 1.165) is 10.0 Å². The molecule has 4 aromatic carbocycles. The van der Waals surface area contributed by atoms with Gasteiger partial charge in [0.15, 0.2) is 6.10 Å². The Bertz CT molecular complexity index is 1460. The number of hydrazone groups is 1. The maximum absolute atomic E-state index is 12.6. The summed E-state index contributed by atoms with van der Waals surface area (Å²) in [5, 5.41) is 4.02. The van der Waals surface area contributed by atoms with Crippen LogP contribution in [0.2, 0.25) is 0 Å². The van der Waals surface area contributed by atoms with E-state index in [9.17, 15) is 9.59 Å². The number of ether oxygens (including phenoxy) is 4. The molecule has 0 aliphatic carbocycles. The zero-order chi connectivity index (χ0) is 28.3. The Morgan fingerprint density at radius 3 is 2.27 bits per heavy atom. The van der Waals surface area contributed by atoms with Gasteiger partial charge in [-0.1, -0.05) is 46.3 Å². The van der Waals surface area contributed by atoms with Gasteiger partial charge >= 0.3 is 5.97 Å². The van der Waals surface area contributed by atoms with Crippen LogP contribution in [0, 0.1) is 0 Å². The number of rotatable bonds is 11. The van der Waals surface area contributed by atoms with E-state index in [1.807, 2.05) is 30.3 Å². The van der Waals surface area contributed by atoms with Crippen LogP contribution in [0.25, 0.3) is 0 Å². The number of carbonyl (C=O) groups is 2. The second-order valence-electron chi connectivity index (χ2n) is 8.54. The van der Waals surface area contributed by atoms with Crippen molar-refractivity contribution in [1.29, 1.82) is 0 Å². The quantitative estimate of drug-likeness (QED) is 0.0954. The molecule has 0 heterocycles. The largest absolute Gasteiger partial charge is 0.497 e. The molecular weight excluding hydrogens is 576 g/mol. The van der Waals surface area contributed by atoms with Gasteiger partial charge in [0.2, 0.25) is 0 Å². The Morgan fingerprint density at radius 1 is 0.900 bits per heavy atom. The van der Waals surface area contributed by atoms with Crippen molar-refractivity contribution >= 4 is 34.0 Å². The second kappa shape index (κ2) is 14.0. The van der Waals surface area contributed by atoms with Gasteiger partial charge in [-0.05, 0) is 79.2 Å². The molecule has 40 heavy (non-hydrogen) atoms. The minimum Gasteiger partial charge on any atom is -0.497 e. The molecule has 4 aromatic rings. The molecule has 1 N–H and O–H groups in total. The van der Waals surface area contributed by atoms with E-state index in [4.69, 9.17) is 18.9 Å². The molecule has 0 aliphatic rings. The Balaban J connectivity index is 1.31. The van der Waals surface area contributed by atoms with Gasteiger partial charge in [-0.2, -0.15) is 5.10 Å². The molecule has 0 spiro atoms. The third kappa shape index (κ3) is 8.18. The zero-order valence-electron chi connectivity index (χ0n) is 21.9. The van der Waals surface area contributed by atoms with Crippen LogP contribution in [-0.2, 0) is 11.4 Å². The van der Waals surface area contributed by atoms with Crippen LogP contribution in [0.1, 0.15) is 28.4 Å². The Kier molecular flexibility index (Phi) is 9.90. The van der Waals surface area contributed by atoms with E-state index in [0.29, 0.717) is 35.0 Å².